The minimum Gasteiger partial charge on any atom is -0.338 e. The summed E-state index contributed by atoms with van der Waals surface area (Å²) in [5.74, 6) is -0.0869. The zero-order valence-electron chi connectivity index (χ0n) is 13.4. The zero-order chi connectivity index (χ0) is 17.2. The molecule has 0 aliphatic carbocycles. The average molecular weight is 339 g/mol. The van der Waals surface area contributed by atoms with E-state index in [2.05, 4.69) is 6.07 Å². The maximum atomic E-state index is 12.4. The van der Waals surface area contributed by atoms with Gasteiger partial charge in [-0.25, -0.2) is 0 Å². The molecule has 0 radical (unpaired) electrons. The average Bonchev–Trinajstić information content (AvgIpc) is 2.62. The molecule has 0 aliphatic rings. The Hall–Kier alpha value is -2.57. The smallest absolute Gasteiger partial charge is 0.246 e. The number of halogens is 1. The summed E-state index contributed by atoms with van der Waals surface area (Å²) >= 11 is 5.85. The van der Waals surface area contributed by atoms with E-state index in [4.69, 9.17) is 16.9 Å². The highest BCUT2D eigenvalue weighted by Gasteiger charge is 2.10. The lowest BCUT2D eigenvalue weighted by molar-refractivity contribution is -0.125. The van der Waals surface area contributed by atoms with E-state index >= 15 is 0 Å². The summed E-state index contributed by atoms with van der Waals surface area (Å²) in [4.78, 5) is 14.1. The van der Waals surface area contributed by atoms with E-state index in [0.29, 0.717) is 24.5 Å². The van der Waals surface area contributed by atoms with Crippen LogP contribution in [0.15, 0.2) is 60.7 Å². The molecule has 2 aromatic carbocycles. The first-order chi connectivity index (χ1) is 11.7. The molecule has 0 bridgehead atoms. The number of carbonyl (C=O) groups excluding carboxylic acids is 1. The standard InChI is InChI=1S/C20H19ClN2O/c21-19-10-7-18(8-11-19)9-12-20(24)23(15-4-14-22)16-13-17-5-2-1-3-6-17/h1-3,5-12H,4,13,15-16H2/b12-9+. The molecule has 0 aliphatic heterocycles. The van der Waals surface area contributed by atoms with E-state index in [0.717, 1.165) is 12.0 Å². The molecule has 0 saturated heterocycles. The number of hydrogen-bond acceptors (Lipinski definition) is 2. The van der Waals surface area contributed by atoms with E-state index in [1.165, 1.54) is 5.56 Å². The lowest BCUT2D eigenvalue weighted by Crippen LogP contribution is -2.32. The van der Waals surface area contributed by atoms with Crippen LogP contribution in [0.2, 0.25) is 5.02 Å². The largest absolute Gasteiger partial charge is 0.338 e. The molecule has 0 spiro atoms. The van der Waals surface area contributed by atoms with Gasteiger partial charge < -0.3 is 4.90 Å². The monoisotopic (exact) mass is 338 g/mol. The van der Waals surface area contributed by atoms with Crippen LogP contribution < -0.4 is 0 Å². The van der Waals surface area contributed by atoms with Crippen LogP contribution in [0.25, 0.3) is 6.08 Å². The summed E-state index contributed by atoms with van der Waals surface area (Å²) < 4.78 is 0. The van der Waals surface area contributed by atoms with Crippen molar-refractivity contribution in [1.29, 1.82) is 5.26 Å². The molecule has 0 heterocycles. The quantitative estimate of drug-likeness (QED) is 0.705. The molecule has 0 saturated carbocycles. The van der Waals surface area contributed by atoms with Crippen molar-refractivity contribution in [2.45, 2.75) is 12.8 Å². The number of nitrogens with zero attached hydrogens (tertiary/aromatic N) is 2. The van der Waals surface area contributed by atoms with Crippen molar-refractivity contribution in [3.8, 4) is 6.07 Å². The van der Waals surface area contributed by atoms with Gasteiger partial charge in [0.2, 0.25) is 5.91 Å². The molecule has 24 heavy (non-hydrogen) atoms. The Morgan fingerprint density at radius 1 is 1.08 bits per heavy atom. The van der Waals surface area contributed by atoms with E-state index in [1.807, 2.05) is 42.5 Å². The summed E-state index contributed by atoms with van der Waals surface area (Å²) in [5, 5.41) is 9.46. The zero-order valence-corrected chi connectivity index (χ0v) is 14.1. The Kier molecular flexibility index (Phi) is 7.07. The molecule has 0 unspecified atom stereocenters. The minimum absolute atomic E-state index is 0.0869. The van der Waals surface area contributed by atoms with Gasteiger partial charge in [-0.3, -0.25) is 4.79 Å². The Bertz CT molecular complexity index is 718. The number of hydrogen-bond donors (Lipinski definition) is 0. The first-order valence-electron chi connectivity index (χ1n) is 7.82. The van der Waals surface area contributed by atoms with Crippen LogP contribution in [0.3, 0.4) is 0 Å². The van der Waals surface area contributed by atoms with E-state index in [-0.39, 0.29) is 5.91 Å². The van der Waals surface area contributed by atoms with Crippen molar-refractivity contribution in [3.05, 3.63) is 76.8 Å². The molecule has 2 rings (SSSR count). The van der Waals surface area contributed by atoms with Gasteiger partial charge in [0.25, 0.3) is 0 Å². The summed E-state index contributed by atoms with van der Waals surface area (Å²) in [6.07, 6.45) is 4.41. The fourth-order valence-electron chi connectivity index (χ4n) is 2.27. The fourth-order valence-corrected chi connectivity index (χ4v) is 2.40. The number of nitriles is 1. The molecule has 0 fully saturated rings. The Balaban J connectivity index is 1.98. The molecule has 0 N–H and O–H groups in total. The van der Waals surface area contributed by atoms with E-state index < -0.39 is 0 Å². The van der Waals surface area contributed by atoms with Crippen molar-refractivity contribution < 1.29 is 4.79 Å². The Morgan fingerprint density at radius 3 is 2.46 bits per heavy atom. The normalized spacial score (nSPS) is 10.5. The van der Waals surface area contributed by atoms with Crippen LogP contribution in [0.4, 0.5) is 0 Å². The van der Waals surface area contributed by atoms with Crippen molar-refractivity contribution in [3.63, 3.8) is 0 Å². The second-order valence-corrected chi connectivity index (χ2v) is 5.79. The molecular formula is C20H19ClN2O. The number of rotatable bonds is 7. The van der Waals surface area contributed by atoms with Gasteiger partial charge >= 0.3 is 0 Å². The topological polar surface area (TPSA) is 44.1 Å². The second kappa shape index (κ2) is 9.54. The van der Waals surface area contributed by atoms with Gasteiger partial charge in [0.1, 0.15) is 0 Å². The van der Waals surface area contributed by atoms with Crippen molar-refractivity contribution in [2.75, 3.05) is 13.1 Å². The molecule has 4 heteroatoms. The Labute approximate surface area is 147 Å². The molecule has 0 aromatic heterocycles. The summed E-state index contributed by atoms with van der Waals surface area (Å²) in [5.41, 5.74) is 2.09. The molecule has 1 amide bonds. The number of benzene rings is 2. The third kappa shape index (κ3) is 5.91. The van der Waals surface area contributed by atoms with Crippen LogP contribution in [-0.2, 0) is 11.2 Å². The van der Waals surface area contributed by atoms with Crippen LogP contribution in [0, 0.1) is 11.3 Å². The van der Waals surface area contributed by atoms with Crippen molar-refractivity contribution in [1.82, 2.24) is 4.90 Å². The van der Waals surface area contributed by atoms with Gasteiger partial charge in [0.15, 0.2) is 0 Å². The molecule has 0 atom stereocenters. The summed E-state index contributed by atoms with van der Waals surface area (Å²) in [6, 6.07) is 19.4. The van der Waals surface area contributed by atoms with Gasteiger partial charge in [-0.2, -0.15) is 5.26 Å². The third-order valence-corrected chi connectivity index (χ3v) is 3.86. The predicted molar refractivity (Wildman–Crippen MR) is 97.4 cm³/mol. The third-order valence-electron chi connectivity index (χ3n) is 3.61. The minimum atomic E-state index is -0.0869. The lowest BCUT2D eigenvalue weighted by atomic mass is 10.1. The fraction of sp³-hybridized carbons (Fsp3) is 0.200. The molecule has 122 valence electrons. The van der Waals surface area contributed by atoms with Crippen molar-refractivity contribution in [2.24, 2.45) is 0 Å². The Morgan fingerprint density at radius 2 is 1.79 bits per heavy atom. The van der Waals surface area contributed by atoms with Gasteiger partial charge in [-0.15, -0.1) is 0 Å². The number of carbonyl (C=O) groups is 1. The first-order valence-corrected chi connectivity index (χ1v) is 8.20. The lowest BCUT2D eigenvalue weighted by Gasteiger charge is -2.20. The predicted octanol–water partition coefficient (Wildman–Crippen LogP) is 4.34. The highest BCUT2D eigenvalue weighted by atomic mass is 35.5. The van der Waals surface area contributed by atoms with Crippen molar-refractivity contribution >= 4 is 23.6 Å². The maximum Gasteiger partial charge on any atom is 0.246 e. The summed E-state index contributed by atoms with van der Waals surface area (Å²) in [7, 11) is 0. The molecular weight excluding hydrogens is 320 g/mol. The molecule has 3 nitrogen and oxygen atoms in total. The van der Waals surface area contributed by atoms with E-state index in [9.17, 15) is 4.79 Å². The van der Waals surface area contributed by atoms with Crippen LogP contribution in [0.1, 0.15) is 17.5 Å². The van der Waals surface area contributed by atoms with Crippen LogP contribution in [-0.4, -0.2) is 23.9 Å². The first kappa shape index (κ1) is 17.8. The van der Waals surface area contributed by atoms with E-state index in [1.54, 1.807) is 29.2 Å². The van der Waals surface area contributed by atoms with Crippen LogP contribution in [0.5, 0.6) is 0 Å². The number of amides is 1. The molecule has 2 aromatic rings. The van der Waals surface area contributed by atoms with Gasteiger partial charge in [0.05, 0.1) is 12.5 Å². The second-order valence-electron chi connectivity index (χ2n) is 5.35. The van der Waals surface area contributed by atoms with Crippen LogP contribution >= 0.6 is 11.6 Å². The van der Waals surface area contributed by atoms with Gasteiger partial charge in [-0.1, -0.05) is 54.1 Å². The maximum absolute atomic E-state index is 12.4. The highest BCUT2D eigenvalue weighted by molar-refractivity contribution is 6.30. The highest BCUT2D eigenvalue weighted by Crippen LogP contribution is 2.11. The SMILES string of the molecule is N#CCCN(CCc1ccccc1)C(=O)/C=C/c1ccc(Cl)cc1. The van der Waals surface area contributed by atoms with Gasteiger partial charge in [0, 0.05) is 24.2 Å². The van der Waals surface area contributed by atoms with Gasteiger partial charge in [-0.05, 0) is 35.8 Å². The summed E-state index contributed by atoms with van der Waals surface area (Å²) in [6.45, 7) is 1.03.